The normalized spacial score (nSPS) is 23.5. The van der Waals surface area contributed by atoms with Crippen LogP contribution < -0.4 is 5.32 Å². The molecule has 5 nitrogen and oxygen atoms in total. The molecule has 0 atom stereocenters. The van der Waals surface area contributed by atoms with Crippen LogP contribution >= 0.6 is 11.3 Å². The minimum Gasteiger partial charge on any atom is -0.353 e. The molecule has 0 aromatic carbocycles. The second-order valence-electron chi connectivity index (χ2n) is 8.26. The van der Waals surface area contributed by atoms with Crippen LogP contribution in [0.4, 0.5) is 0 Å². The highest BCUT2D eigenvalue weighted by Gasteiger charge is 2.30. The lowest BCUT2D eigenvalue weighted by Gasteiger charge is -2.33. The number of hydrogen-bond acceptors (Lipinski definition) is 3. The zero-order valence-corrected chi connectivity index (χ0v) is 17.3. The smallest absolute Gasteiger partial charge is 0.266 e. The average Bonchev–Trinajstić information content (AvgIpc) is 3.40. The van der Waals surface area contributed by atoms with Gasteiger partial charge in [0.2, 0.25) is 5.91 Å². The molecule has 1 aliphatic heterocycles. The fourth-order valence-corrected chi connectivity index (χ4v) is 5.23. The molecule has 2 amide bonds. The first-order chi connectivity index (χ1) is 13.6. The Morgan fingerprint density at radius 1 is 1.04 bits per heavy atom. The number of hydrogen-bond donors (Lipinski definition) is 1. The van der Waals surface area contributed by atoms with E-state index in [2.05, 4.69) is 12.2 Å². The number of carbonyl (C=O) groups excluding carboxylic acids is 2. The molecule has 1 aliphatic carbocycles. The monoisotopic (exact) mass is 399 g/mol. The van der Waals surface area contributed by atoms with Gasteiger partial charge in [0.05, 0.1) is 5.69 Å². The van der Waals surface area contributed by atoms with Crippen LogP contribution in [0.5, 0.6) is 0 Å². The summed E-state index contributed by atoms with van der Waals surface area (Å²) in [4.78, 5) is 28.4. The Morgan fingerprint density at radius 3 is 2.39 bits per heavy atom. The van der Waals surface area contributed by atoms with Crippen molar-refractivity contribution in [3.05, 3.63) is 40.8 Å². The number of piperidine rings is 1. The average molecular weight is 400 g/mol. The van der Waals surface area contributed by atoms with Crippen molar-refractivity contribution in [2.24, 2.45) is 11.8 Å². The molecular weight excluding hydrogens is 370 g/mol. The van der Waals surface area contributed by atoms with Gasteiger partial charge in [-0.1, -0.05) is 6.92 Å². The van der Waals surface area contributed by atoms with Crippen LogP contribution in [0.3, 0.4) is 0 Å². The summed E-state index contributed by atoms with van der Waals surface area (Å²) in [6, 6.07) is 6.26. The summed E-state index contributed by atoms with van der Waals surface area (Å²) in [6.07, 6.45) is 10.1. The Labute approximate surface area is 170 Å². The lowest BCUT2D eigenvalue weighted by atomic mass is 9.86. The summed E-state index contributed by atoms with van der Waals surface area (Å²) >= 11 is 1.49. The molecule has 2 aliphatic rings. The van der Waals surface area contributed by atoms with Crippen LogP contribution in [0.15, 0.2) is 36.0 Å². The molecular formula is C22H29N3O2S. The quantitative estimate of drug-likeness (QED) is 0.842. The molecule has 3 heterocycles. The Kier molecular flexibility index (Phi) is 5.85. The third-order valence-electron chi connectivity index (χ3n) is 6.24. The molecule has 2 aromatic rings. The Hall–Kier alpha value is -2.08. The number of thiophene rings is 1. The molecule has 0 bridgehead atoms. The maximum absolute atomic E-state index is 13.0. The van der Waals surface area contributed by atoms with Crippen LogP contribution in [0, 0.1) is 11.8 Å². The largest absolute Gasteiger partial charge is 0.353 e. The van der Waals surface area contributed by atoms with E-state index in [1.54, 1.807) is 0 Å². The molecule has 2 fully saturated rings. The second-order valence-corrected chi connectivity index (χ2v) is 9.17. The van der Waals surface area contributed by atoms with Crippen molar-refractivity contribution in [3.8, 4) is 5.69 Å². The number of carbonyl (C=O) groups is 2. The van der Waals surface area contributed by atoms with Crippen molar-refractivity contribution >= 4 is 23.2 Å². The molecule has 4 rings (SSSR count). The number of aromatic nitrogens is 1. The van der Waals surface area contributed by atoms with Gasteiger partial charge in [-0.15, -0.1) is 11.3 Å². The Morgan fingerprint density at radius 2 is 1.71 bits per heavy atom. The fourth-order valence-electron chi connectivity index (χ4n) is 4.37. The molecule has 0 unspecified atom stereocenters. The predicted molar refractivity (Wildman–Crippen MR) is 112 cm³/mol. The molecule has 0 radical (unpaired) electrons. The van der Waals surface area contributed by atoms with Crippen molar-refractivity contribution in [1.82, 2.24) is 14.8 Å². The van der Waals surface area contributed by atoms with E-state index >= 15 is 0 Å². The van der Waals surface area contributed by atoms with E-state index in [0.717, 1.165) is 42.2 Å². The fraction of sp³-hybridized carbons (Fsp3) is 0.545. The molecule has 1 saturated carbocycles. The summed E-state index contributed by atoms with van der Waals surface area (Å²) in [6.45, 7) is 3.60. The van der Waals surface area contributed by atoms with E-state index in [-0.39, 0.29) is 17.7 Å². The van der Waals surface area contributed by atoms with Crippen LogP contribution in [0.1, 0.15) is 55.1 Å². The molecule has 1 N–H and O–H groups in total. The predicted octanol–water partition coefficient (Wildman–Crippen LogP) is 4.09. The van der Waals surface area contributed by atoms with E-state index < -0.39 is 0 Å². The summed E-state index contributed by atoms with van der Waals surface area (Å²) in [5.41, 5.74) is 0.936. The Bertz CT molecular complexity index is 798. The van der Waals surface area contributed by atoms with Crippen molar-refractivity contribution < 1.29 is 9.59 Å². The van der Waals surface area contributed by atoms with Gasteiger partial charge in [0, 0.05) is 37.4 Å². The zero-order chi connectivity index (χ0) is 19.5. The maximum atomic E-state index is 13.0. The molecule has 2 aromatic heterocycles. The first-order valence-electron chi connectivity index (χ1n) is 10.4. The minimum atomic E-state index is 0.0376. The Balaban J connectivity index is 1.31. The minimum absolute atomic E-state index is 0.0376. The highest BCUT2D eigenvalue weighted by molar-refractivity contribution is 7.12. The van der Waals surface area contributed by atoms with Crippen LogP contribution in [0.2, 0.25) is 0 Å². The van der Waals surface area contributed by atoms with Gasteiger partial charge >= 0.3 is 0 Å². The molecule has 28 heavy (non-hydrogen) atoms. The standard InChI is InChI=1S/C22H29N3O2S/c1-16-4-6-18(7-5-16)23-21(26)17-8-13-25(14-9-17)22(27)20-19(10-15-28-20)24-11-2-3-12-24/h2-3,10-12,15-18H,4-9,13-14H2,1H3,(H,23,26). The topological polar surface area (TPSA) is 54.3 Å². The van der Waals surface area contributed by atoms with Gasteiger partial charge < -0.3 is 14.8 Å². The van der Waals surface area contributed by atoms with E-state index in [4.69, 9.17) is 0 Å². The van der Waals surface area contributed by atoms with Crippen molar-refractivity contribution in [2.45, 2.75) is 51.5 Å². The van der Waals surface area contributed by atoms with Gasteiger partial charge in [0.25, 0.3) is 5.91 Å². The lowest BCUT2D eigenvalue weighted by Crippen LogP contribution is -2.46. The van der Waals surface area contributed by atoms with Gasteiger partial charge in [-0.25, -0.2) is 0 Å². The van der Waals surface area contributed by atoms with Crippen LogP contribution in [0.25, 0.3) is 5.69 Å². The lowest BCUT2D eigenvalue weighted by molar-refractivity contribution is -0.127. The molecule has 6 heteroatoms. The summed E-state index contributed by atoms with van der Waals surface area (Å²) in [5, 5.41) is 5.23. The first-order valence-corrected chi connectivity index (χ1v) is 11.3. The number of rotatable bonds is 4. The van der Waals surface area contributed by atoms with Crippen molar-refractivity contribution in [1.29, 1.82) is 0 Å². The van der Waals surface area contributed by atoms with Gasteiger partial charge in [-0.05, 0) is 68.0 Å². The van der Waals surface area contributed by atoms with Crippen LogP contribution in [-0.4, -0.2) is 40.4 Å². The van der Waals surface area contributed by atoms with Gasteiger partial charge in [-0.3, -0.25) is 9.59 Å². The number of likely N-dealkylation sites (tertiary alicyclic amines) is 1. The SMILES string of the molecule is CC1CCC(NC(=O)C2CCN(C(=O)c3sccc3-n3cccc3)CC2)CC1. The summed E-state index contributed by atoms with van der Waals surface area (Å²) in [7, 11) is 0. The van der Waals surface area contributed by atoms with Crippen LogP contribution in [-0.2, 0) is 4.79 Å². The van der Waals surface area contributed by atoms with Gasteiger partial charge in [-0.2, -0.15) is 0 Å². The van der Waals surface area contributed by atoms with Gasteiger partial charge in [0.1, 0.15) is 4.88 Å². The van der Waals surface area contributed by atoms with Gasteiger partial charge in [0.15, 0.2) is 0 Å². The third-order valence-corrected chi connectivity index (χ3v) is 7.13. The van der Waals surface area contributed by atoms with E-state index in [9.17, 15) is 9.59 Å². The second kappa shape index (κ2) is 8.52. The highest BCUT2D eigenvalue weighted by atomic mass is 32.1. The summed E-state index contributed by atoms with van der Waals surface area (Å²) < 4.78 is 1.98. The zero-order valence-electron chi connectivity index (χ0n) is 16.5. The number of amides is 2. The van der Waals surface area contributed by atoms with E-state index in [1.807, 2.05) is 45.4 Å². The maximum Gasteiger partial charge on any atom is 0.266 e. The van der Waals surface area contributed by atoms with E-state index in [0.29, 0.717) is 19.1 Å². The first kappa shape index (κ1) is 19.2. The third kappa shape index (κ3) is 4.17. The molecule has 150 valence electrons. The van der Waals surface area contributed by atoms with E-state index in [1.165, 1.54) is 24.2 Å². The number of nitrogens with zero attached hydrogens (tertiary/aromatic N) is 2. The van der Waals surface area contributed by atoms with Crippen molar-refractivity contribution in [2.75, 3.05) is 13.1 Å². The molecule has 0 spiro atoms. The molecule has 1 saturated heterocycles. The highest BCUT2D eigenvalue weighted by Crippen LogP contribution is 2.27. The summed E-state index contributed by atoms with van der Waals surface area (Å²) in [5.74, 6) is 1.10. The van der Waals surface area contributed by atoms with Crippen molar-refractivity contribution in [3.63, 3.8) is 0 Å². The number of nitrogens with one attached hydrogen (secondary N) is 1.